The molecule has 1 heterocycles. The molecule has 0 unspecified atom stereocenters. The summed E-state index contributed by atoms with van der Waals surface area (Å²) >= 11 is 0. The van der Waals surface area contributed by atoms with Crippen LogP contribution in [0.4, 0.5) is 0 Å². The Kier molecular flexibility index (Phi) is 3.60. The average Bonchev–Trinajstić information content (AvgIpc) is 3.35. The third-order valence-corrected chi connectivity index (χ3v) is 4.03. The van der Waals surface area contributed by atoms with Crippen LogP contribution in [0.5, 0.6) is 5.88 Å². The lowest BCUT2D eigenvalue weighted by atomic mass is 9.96. The molecule has 21 heavy (non-hydrogen) atoms. The molecule has 4 heteroatoms. The molecular weight excluding hydrogens is 264 g/mol. The van der Waals surface area contributed by atoms with Crippen molar-refractivity contribution in [2.24, 2.45) is 0 Å². The molecule has 1 aromatic heterocycles. The molecule has 1 saturated carbocycles. The number of ether oxygens (including phenoxy) is 1. The number of rotatable bonds is 5. The molecule has 3 rings (SSSR count). The number of carbonyl (C=O) groups excluding carboxylic acids is 1. The summed E-state index contributed by atoms with van der Waals surface area (Å²) in [5.41, 5.74) is 1.98. The molecule has 0 aliphatic heterocycles. The molecule has 1 aliphatic carbocycles. The Morgan fingerprint density at radius 1 is 1.24 bits per heavy atom. The molecule has 1 aliphatic rings. The smallest absolute Gasteiger partial charge is 0.252 e. The lowest BCUT2D eigenvalue weighted by Gasteiger charge is -2.16. The predicted octanol–water partition coefficient (Wildman–Crippen LogP) is 2.55. The van der Waals surface area contributed by atoms with Crippen molar-refractivity contribution in [3.05, 3.63) is 59.8 Å². The summed E-state index contributed by atoms with van der Waals surface area (Å²) in [5, 5.41) is 3.02. The van der Waals surface area contributed by atoms with E-state index in [9.17, 15) is 4.79 Å². The van der Waals surface area contributed by atoms with Crippen LogP contribution in [0.1, 0.15) is 28.8 Å². The first-order valence-corrected chi connectivity index (χ1v) is 7.07. The van der Waals surface area contributed by atoms with Crippen molar-refractivity contribution in [3.8, 4) is 5.88 Å². The maximum atomic E-state index is 12.2. The molecular formula is C17H18N2O2. The third kappa shape index (κ3) is 2.89. The predicted molar refractivity (Wildman–Crippen MR) is 80.5 cm³/mol. The molecule has 0 bridgehead atoms. The molecule has 0 radical (unpaired) electrons. The Hall–Kier alpha value is -2.36. The Balaban J connectivity index is 1.63. The van der Waals surface area contributed by atoms with Crippen molar-refractivity contribution in [3.63, 3.8) is 0 Å². The van der Waals surface area contributed by atoms with E-state index in [-0.39, 0.29) is 11.3 Å². The van der Waals surface area contributed by atoms with Gasteiger partial charge in [0.2, 0.25) is 5.88 Å². The SMILES string of the molecule is COc1ccc(C(=O)NCC2(c3ccccc3)CC2)cn1. The fraction of sp³-hybridized carbons (Fsp3) is 0.294. The van der Waals surface area contributed by atoms with E-state index in [1.807, 2.05) is 18.2 Å². The maximum absolute atomic E-state index is 12.2. The Morgan fingerprint density at radius 2 is 2.00 bits per heavy atom. The number of aromatic nitrogens is 1. The van der Waals surface area contributed by atoms with E-state index in [1.54, 1.807) is 19.2 Å². The first kappa shape index (κ1) is 13.6. The van der Waals surface area contributed by atoms with Gasteiger partial charge in [-0.1, -0.05) is 30.3 Å². The molecule has 1 fully saturated rings. The Labute approximate surface area is 124 Å². The van der Waals surface area contributed by atoms with Gasteiger partial charge in [0.15, 0.2) is 0 Å². The van der Waals surface area contributed by atoms with Gasteiger partial charge in [0, 0.05) is 24.2 Å². The number of benzene rings is 1. The van der Waals surface area contributed by atoms with E-state index in [0.29, 0.717) is 18.0 Å². The summed E-state index contributed by atoms with van der Waals surface area (Å²) < 4.78 is 4.99. The van der Waals surface area contributed by atoms with Crippen molar-refractivity contribution in [2.45, 2.75) is 18.3 Å². The second kappa shape index (κ2) is 5.56. The van der Waals surface area contributed by atoms with Gasteiger partial charge in [0.25, 0.3) is 5.91 Å². The molecule has 0 atom stereocenters. The number of nitrogens with zero attached hydrogens (tertiary/aromatic N) is 1. The van der Waals surface area contributed by atoms with Crippen LogP contribution in [0.2, 0.25) is 0 Å². The van der Waals surface area contributed by atoms with Gasteiger partial charge in [-0.15, -0.1) is 0 Å². The molecule has 2 aromatic rings. The fourth-order valence-electron chi connectivity index (χ4n) is 2.50. The highest BCUT2D eigenvalue weighted by atomic mass is 16.5. The van der Waals surface area contributed by atoms with Gasteiger partial charge in [-0.05, 0) is 24.5 Å². The van der Waals surface area contributed by atoms with Crippen molar-refractivity contribution in [1.29, 1.82) is 0 Å². The standard InChI is InChI=1S/C17H18N2O2/c1-21-15-8-7-13(11-18-15)16(20)19-12-17(9-10-17)14-5-3-2-4-6-14/h2-8,11H,9-10,12H2,1H3,(H,19,20). The molecule has 0 saturated heterocycles. The van der Waals surface area contributed by atoms with Crippen LogP contribution >= 0.6 is 0 Å². The number of hydrogen-bond donors (Lipinski definition) is 1. The topological polar surface area (TPSA) is 51.2 Å². The van der Waals surface area contributed by atoms with E-state index in [1.165, 1.54) is 11.8 Å². The summed E-state index contributed by atoms with van der Waals surface area (Å²) in [7, 11) is 1.55. The second-order valence-corrected chi connectivity index (χ2v) is 5.42. The highest BCUT2D eigenvalue weighted by Crippen LogP contribution is 2.47. The van der Waals surface area contributed by atoms with Crippen LogP contribution in [0, 0.1) is 0 Å². The normalized spacial score (nSPS) is 15.3. The number of hydrogen-bond acceptors (Lipinski definition) is 3. The molecule has 0 spiro atoms. The summed E-state index contributed by atoms with van der Waals surface area (Å²) in [6.45, 7) is 0.669. The van der Waals surface area contributed by atoms with Crippen LogP contribution in [0.15, 0.2) is 48.7 Å². The van der Waals surface area contributed by atoms with Gasteiger partial charge in [-0.3, -0.25) is 4.79 Å². The zero-order chi connectivity index (χ0) is 14.7. The highest BCUT2D eigenvalue weighted by Gasteiger charge is 2.44. The second-order valence-electron chi connectivity index (χ2n) is 5.42. The lowest BCUT2D eigenvalue weighted by molar-refractivity contribution is 0.0949. The van der Waals surface area contributed by atoms with E-state index in [2.05, 4.69) is 22.4 Å². The fourth-order valence-corrected chi connectivity index (χ4v) is 2.50. The zero-order valence-electron chi connectivity index (χ0n) is 12.0. The molecule has 1 amide bonds. The summed E-state index contributed by atoms with van der Waals surface area (Å²) in [4.78, 5) is 16.2. The zero-order valence-corrected chi connectivity index (χ0v) is 12.0. The summed E-state index contributed by atoms with van der Waals surface area (Å²) in [6.07, 6.45) is 3.78. The van der Waals surface area contributed by atoms with E-state index in [4.69, 9.17) is 4.74 Å². The van der Waals surface area contributed by atoms with Gasteiger partial charge < -0.3 is 10.1 Å². The number of nitrogens with one attached hydrogen (secondary N) is 1. The van der Waals surface area contributed by atoms with Gasteiger partial charge >= 0.3 is 0 Å². The number of amides is 1. The highest BCUT2D eigenvalue weighted by molar-refractivity contribution is 5.94. The van der Waals surface area contributed by atoms with E-state index in [0.717, 1.165) is 12.8 Å². The van der Waals surface area contributed by atoms with Crippen molar-refractivity contribution in [1.82, 2.24) is 10.3 Å². The third-order valence-electron chi connectivity index (χ3n) is 4.03. The molecule has 108 valence electrons. The Morgan fingerprint density at radius 3 is 2.57 bits per heavy atom. The van der Waals surface area contributed by atoms with Crippen LogP contribution in [-0.4, -0.2) is 24.5 Å². The van der Waals surface area contributed by atoms with Crippen LogP contribution in [-0.2, 0) is 5.41 Å². The van der Waals surface area contributed by atoms with Crippen molar-refractivity contribution < 1.29 is 9.53 Å². The van der Waals surface area contributed by atoms with Crippen LogP contribution in [0.25, 0.3) is 0 Å². The van der Waals surface area contributed by atoms with Crippen LogP contribution in [0.3, 0.4) is 0 Å². The first-order valence-electron chi connectivity index (χ1n) is 7.07. The van der Waals surface area contributed by atoms with Gasteiger partial charge in [0.1, 0.15) is 0 Å². The van der Waals surface area contributed by atoms with Gasteiger partial charge in [-0.25, -0.2) is 4.98 Å². The quantitative estimate of drug-likeness (QED) is 0.917. The monoisotopic (exact) mass is 282 g/mol. The van der Waals surface area contributed by atoms with Crippen LogP contribution < -0.4 is 10.1 Å². The maximum Gasteiger partial charge on any atom is 0.252 e. The minimum Gasteiger partial charge on any atom is -0.481 e. The molecule has 4 nitrogen and oxygen atoms in total. The summed E-state index contributed by atoms with van der Waals surface area (Å²) in [5.74, 6) is 0.418. The largest absolute Gasteiger partial charge is 0.481 e. The minimum absolute atomic E-state index is 0.0904. The summed E-state index contributed by atoms with van der Waals surface area (Å²) in [6, 6.07) is 13.8. The molecule has 1 aromatic carbocycles. The van der Waals surface area contributed by atoms with Crippen molar-refractivity contribution >= 4 is 5.91 Å². The molecule has 1 N–H and O–H groups in total. The van der Waals surface area contributed by atoms with Gasteiger partial charge in [-0.2, -0.15) is 0 Å². The first-order chi connectivity index (χ1) is 10.2. The van der Waals surface area contributed by atoms with E-state index >= 15 is 0 Å². The minimum atomic E-state index is -0.0904. The number of pyridine rings is 1. The van der Waals surface area contributed by atoms with E-state index < -0.39 is 0 Å². The average molecular weight is 282 g/mol. The lowest BCUT2D eigenvalue weighted by Crippen LogP contribution is -2.32. The Bertz CT molecular complexity index is 619. The number of carbonyl (C=O) groups is 1. The van der Waals surface area contributed by atoms with Gasteiger partial charge in [0.05, 0.1) is 12.7 Å². The number of methoxy groups -OCH3 is 1. The van der Waals surface area contributed by atoms with Crippen molar-refractivity contribution in [2.75, 3.05) is 13.7 Å².